The van der Waals surface area contributed by atoms with E-state index in [-0.39, 0.29) is 17.5 Å². The third-order valence-electron chi connectivity index (χ3n) is 3.67. The second kappa shape index (κ2) is 9.30. The molecule has 2 aromatic rings. The maximum absolute atomic E-state index is 12.3. The Balaban J connectivity index is 2.04. The highest BCUT2D eigenvalue weighted by Gasteiger charge is 2.28. The highest BCUT2D eigenvalue weighted by Crippen LogP contribution is 2.19. The molecule has 0 saturated heterocycles. The lowest BCUT2D eigenvalue weighted by molar-refractivity contribution is -0.154. The molecule has 8 nitrogen and oxygen atoms in total. The van der Waals surface area contributed by atoms with Gasteiger partial charge in [-0.3, -0.25) is 9.59 Å². The van der Waals surface area contributed by atoms with Gasteiger partial charge in [-0.1, -0.05) is 6.92 Å². The minimum atomic E-state index is -4.49. The lowest BCUT2D eigenvalue weighted by Crippen LogP contribution is -2.28. The monoisotopic (exact) mass is 411 g/mol. The van der Waals surface area contributed by atoms with Gasteiger partial charge < -0.3 is 15.4 Å². The van der Waals surface area contributed by atoms with Gasteiger partial charge in [0, 0.05) is 18.2 Å². The third kappa shape index (κ3) is 7.01. The number of nitrogens with one attached hydrogen (secondary N) is 2. The van der Waals surface area contributed by atoms with E-state index in [9.17, 15) is 22.8 Å². The topological polar surface area (TPSA) is 106 Å². The number of hydrogen-bond acceptors (Lipinski definition) is 6. The average Bonchev–Trinajstić information content (AvgIpc) is 2.65. The second-order valence-corrected chi connectivity index (χ2v) is 6.18. The van der Waals surface area contributed by atoms with Crippen LogP contribution in [0.2, 0.25) is 0 Å². The summed E-state index contributed by atoms with van der Waals surface area (Å²) in [6.45, 7) is 3.70. The molecule has 0 saturated carbocycles. The van der Waals surface area contributed by atoms with E-state index in [1.165, 1.54) is 6.07 Å². The van der Waals surface area contributed by atoms with Crippen LogP contribution in [0.1, 0.15) is 48.1 Å². The van der Waals surface area contributed by atoms with E-state index in [0.717, 1.165) is 6.07 Å². The number of carbonyl (C=O) groups excluding carboxylic acids is 2. The van der Waals surface area contributed by atoms with Gasteiger partial charge in [-0.25, -0.2) is 4.98 Å². The van der Waals surface area contributed by atoms with Crippen LogP contribution in [0.3, 0.4) is 0 Å². The zero-order chi connectivity index (χ0) is 21.6. The molecule has 0 aliphatic rings. The van der Waals surface area contributed by atoms with Crippen molar-refractivity contribution in [3.05, 3.63) is 41.2 Å². The first-order valence-electron chi connectivity index (χ1n) is 8.70. The summed E-state index contributed by atoms with van der Waals surface area (Å²) in [6, 6.07) is 5.29. The number of aromatic nitrogens is 3. The number of nitrogens with zero attached hydrogens (tertiary/aromatic N) is 3. The number of anilines is 1. The minimum absolute atomic E-state index is 0.0819. The summed E-state index contributed by atoms with van der Waals surface area (Å²) >= 11 is 0. The van der Waals surface area contributed by atoms with E-state index in [4.69, 9.17) is 0 Å². The molecular weight excluding hydrogens is 391 g/mol. The van der Waals surface area contributed by atoms with Crippen molar-refractivity contribution in [1.82, 2.24) is 20.5 Å². The molecule has 1 atom stereocenters. The fraction of sp³-hybridized carbons (Fsp3) is 0.389. The Hall–Kier alpha value is -3.24. The van der Waals surface area contributed by atoms with Gasteiger partial charge in [0.1, 0.15) is 5.82 Å². The van der Waals surface area contributed by atoms with Crippen LogP contribution in [-0.4, -0.2) is 39.8 Å². The van der Waals surface area contributed by atoms with E-state index in [2.05, 4.69) is 30.6 Å². The van der Waals surface area contributed by atoms with Crippen molar-refractivity contribution in [2.75, 3.05) is 11.9 Å². The molecule has 2 amide bonds. The van der Waals surface area contributed by atoms with Crippen molar-refractivity contribution in [3.63, 3.8) is 0 Å². The molecule has 156 valence electrons. The Morgan fingerprint density at radius 2 is 1.93 bits per heavy atom. The van der Waals surface area contributed by atoms with Gasteiger partial charge in [0.05, 0.1) is 6.04 Å². The van der Waals surface area contributed by atoms with E-state index in [1.807, 2.05) is 0 Å². The Labute approximate surface area is 164 Å². The van der Waals surface area contributed by atoms with Crippen molar-refractivity contribution < 1.29 is 27.5 Å². The summed E-state index contributed by atoms with van der Waals surface area (Å²) in [4.78, 5) is 28.1. The first-order valence-corrected chi connectivity index (χ1v) is 8.70. The van der Waals surface area contributed by atoms with Gasteiger partial charge >= 0.3 is 6.18 Å². The zero-order valence-electron chi connectivity index (χ0n) is 16.0. The molecule has 0 aromatic carbocycles. The molecule has 0 aliphatic carbocycles. The Morgan fingerprint density at radius 1 is 1.21 bits per heavy atom. The lowest BCUT2D eigenvalue weighted by Gasteiger charge is -2.16. The maximum Gasteiger partial charge on any atom is 0.422 e. The highest BCUT2D eigenvalue weighted by molar-refractivity contribution is 5.92. The summed E-state index contributed by atoms with van der Waals surface area (Å²) < 4.78 is 40.9. The minimum Gasteiger partial charge on any atom is -0.467 e. The molecule has 2 heterocycles. The third-order valence-corrected chi connectivity index (χ3v) is 3.67. The van der Waals surface area contributed by atoms with Crippen LogP contribution in [0.5, 0.6) is 5.88 Å². The molecule has 1 unspecified atom stereocenters. The zero-order valence-corrected chi connectivity index (χ0v) is 16.0. The first-order chi connectivity index (χ1) is 13.6. The number of ether oxygens (including phenoxy) is 1. The Morgan fingerprint density at radius 3 is 2.52 bits per heavy atom. The number of alkyl halides is 3. The van der Waals surface area contributed by atoms with Crippen LogP contribution >= 0.6 is 0 Å². The number of aryl methyl sites for hydroxylation is 1. The molecule has 2 rings (SSSR count). The normalized spacial score (nSPS) is 12.2. The van der Waals surface area contributed by atoms with E-state index in [1.54, 1.807) is 32.9 Å². The second-order valence-electron chi connectivity index (χ2n) is 6.18. The van der Waals surface area contributed by atoms with Gasteiger partial charge in [-0.15, -0.1) is 10.2 Å². The van der Waals surface area contributed by atoms with Crippen molar-refractivity contribution in [2.45, 2.75) is 39.4 Å². The fourth-order valence-electron chi connectivity index (χ4n) is 2.27. The van der Waals surface area contributed by atoms with Crippen molar-refractivity contribution in [2.24, 2.45) is 0 Å². The largest absolute Gasteiger partial charge is 0.467 e. The number of pyridine rings is 1. The summed E-state index contributed by atoms with van der Waals surface area (Å²) in [6.07, 6.45) is -4.19. The highest BCUT2D eigenvalue weighted by atomic mass is 19.4. The number of carbonyl (C=O) groups is 2. The van der Waals surface area contributed by atoms with Crippen LogP contribution in [0, 0.1) is 6.92 Å². The van der Waals surface area contributed by atoms with Crippen LogP contribution in [-0.2, 0) is 4.79 Å². The predicted octanol–water partition coefficient (Wildman–Crippen LogP) is 2.96. The number of hydrogen-bond donors (Lipinski definition) is 2. The summed E-state index contributed by atoms with van der Waals surface area (Å²) in [5.74, 6) is -0.721. The lowest BCUT2D eigenvalue weighted by atomic mass is 10.1. The van der Waals surface area contributed by atoms with Crippen molar-refractivity contribution in [3.8, 4) is 5.88 Å². The van der Waals surface area contributed by atoms with Crippen LogP contribution in [0.4, 0.5) is 19.0 Å². The SMILES string of the molecule is CCC(=O)Nc1cc(C(C)NC(=O)c2ccc(OCC(F)(F)F)nn2)cc(C)n1. The van der Waals surface area contributed by atoms with Gasteiger partial charge in [0.2, 0.25) is 11.8 Å². The van der Waals surface area contributed by atoms with E-state index >= 15 is 0 Å². The molecule has 0 bridgehead atoms. The Bertz CT molecular complexity index is 872. The van der Waals surface area contributed by atoms with Gasteiger partial charge in [0.15, 0.2) is 12.3 Å². The van der Waals surface area contributed by atoms with Crippen LogP contribution in [0.15, 0.2) is 24.3 Å². The standard InChI is InChI=1S/C18H20F3N5O3/c1-4-15(27)24-14-8-12(7-10(2)22-14)11(3)23-17(28)13-5-6-16(26-25-13)29-9-18(19,20)21/h5-8,11H,4,9H2,1-3H3,(H,23,28)(H,22,24,27). The molecule has 0 radical (unpaired) electrons. The van der Waals surface area contributed by atoms with Crippen LogP contribution < -0.4 is 15.4 Å². The van der Waals surface area contributed by atoms with E-state index in [0.29, 0.717) is 23.5 Å². The van der Waals surface area contributed by atoms with Crippen LogP contribution in [0.25, 0.3) is 0 Å². The maximum atomic E-state index is 12.3. The molecule has 0 fully saturated rings. The van der Waals surface area contributed by atoms with Crippen molar-refractivity contribution >= 4 is 17.6 Å². The van der Waals surface area contributed by atoms with Gasteiger partial charge in [-0.2, -0.15) is 13.2 Å². The number of rotatable bonds is 7. The van der Waals surface area contributed by atoms with Crippen molar-refractivity contribution in [1.29, 1.82) is 0 Å². The molecule has 0 aliphatic heterocycles. The molecule has 2 N–H and O–H groups in total. The predicted molar refractivity (Wildman–Crippen MR) is 97.4 cm³/mol. The Kier molecular flexibility index (Phi) is 7.08. The molecule has 0 spiro atoms. The molecule has 29 heavy (non-hydrogen) atoms. The van der Waals surface area contributed by atoms with Gasteiger partial charge in [0.25, 0.3) is 5.91 Å². The molecule has 11 heteroatoms. The smallest absolute Gasteiger partial charge is 0.422 e. The average molecular weight is 411 g/mol. The number of amides is 2. The summed E-state index contributed by atoms with van der Waals surface area (Å²) in [5.41, 5.74) is 1.28. The summed E-state index contributed by atoms with van der Waals surface area (Å²) in [5, 5.41) is 12.4. The molecular formula is C18H20F3N5O3. The van der Waals surface area contributed by atoms with E-state index < -0.39 is 24.7 Å². The fourth-order valence-corrected chi connectivity index (χ4v) is 2.27. The molecule has 2 aromatic heterocycles. The summed E-state index contributed by atoms with van der Waals surface area (Å²) in [7, 11) is 0. The number of halogens is 3. The van der Waals surface area contributed by atoms with Gasteiger partial charge in [-0.05, 0) is 37.6 Å². The first kappa shape index (κ1) is 22.1. The quantitative estimate of drug-likeness (QED) is 0.726.